The van der Waals surface area contributed by atoms with Gasteiger partial charge in [-0.15, -0.1) is 0 Å². The van der Waals surface area contributed by atoms with Crippen LogP contribution < -0.4 is 5.32 Å². The third-order valence-electron chi connectivity index (χ3n) is 2.69. The van der Waals surface area contributed by atoms with Gasteiger partial charge in [0.05, 0.1) is 12.6 Å². The summed E-state index contributed by atoms with van der Waals surface area (Å²) in [4.78, 5) is 24.4. The van der Waals surface area contributed by atoms with E-state index in [1.807, 2.05) is 13.8 Å². The number of aliphatic carboxylic acids is 1. The highest BCUT2D eigenvalue weighted by molar-refractivity contribution is 5.82. The van der Waals surface area contributed by atoms with Crippen LogP contribution in [0.25, 0.3) is 0 Å². The molecule has 0 aromatic rings. The normalized spacial score (nSPS) is 12.7. The zero-order valence-electron chi connectivity index (χ0n) is 12.3. The molecule has 0 aliphatic heterocycles. The van der Waals surface area contributed by atoms with Crippen molar-refractivity contribution in [1.82, 2.24) is 10.2 Å². The first kappa shape index (κ1) is 17.9. The fourth-order valence-corrected chi connectivity index (χ4v) is 1.74. The summed E-state index contributed by atoms with van der Waals surface area (Å²) in [5, 5.41) is 11.7. The van der Waals surface area contributed by atoms with Crippen LogP contribution in [-0.2, 0) is 14.3 Å². The first-order chi connectivity index (χ1) is 8.88. The minimum Gasteiger partial charge on any atom is -0.480 e. The van der Waals surface area contributed by atoms with E-state index in [1.54, 1.807) is 18.9 Å². The van der Waals surface area contributed by atoms with E-state index in [-0.39, 0.29) is 12.5 Å². The Labute approximate surface area is 115 Å². The van der Waals surface area contributed by atoms with Gasteiger partial charge in [0.25, 0.3) is 0 Å². The van der Waals surface area contributed by atoms with Crippen molar-refractivity contribution < 1.29 is 19.4 Å². The van der Waals surface area contributed by atoms with Crippen LogP contribution in [-0.4, -0.2) is 61.3 Å². The van der Waals surface area contributed by atoms with Crippen LogP contribution >= 0.6 is 0 Å². The van der Waals surface area contributed by atoms with Crippen molar-refractivity contribution in [2.24, 2.45) is 5.92 Å². The van der Waals surface area contributed by atoms with Crippen LogP contribution in [0.3, 0.4) is 0 Å². The number of amides is 1. The highest BCUT2D eigenvalue weighted by Crippen LogP contribution is 2.04. The summed E-state index contributed by atoms with van der Waals surface area (Å²) < 4.78 is 4.90. The second-order valence-electron chi connectivity index (χ2n) is 5.03. The molecular weight excluding hydrogens is 248 g/mol. The van der Waals surface area contributed by atoms with Crippen LogP contribution in [0.1, 0.15) is 27.2 Å². The standard InChI is InChI=1S/C13H26N2O4/c1-10(2)8-15(9-12(16)17)11(3)13(18)14-6-5-7-19-4/h10-11H,5-9H2,1-4H3,(H,14,18)(H,16,17). The van der Waals surface area contributed by atoms with E-state index < -0.39 is 12.0 Å². The number of carboxylic acid groups (broad SMARTS) is 1. The predicted molar refractivity (Wildman–Crippen MR) is 73.0 cm³/mol. The molecule has 112 valence electrons. The number of rotatable bonds is 10. The van der Waals surface area contributed by atoms with Gasteiger partial charge < -0.3 is 15.2 Å². The maximum atomic E-state index is 11.9. The third kappa shape index (κ3) is 8.56. The molecule has 0 radical (unpaired) electrons. The first-order valence-corrected chi connectivity index (χ1v) is 6.61. The Kier molecular flexibility index (Phi) is 9.16. The van der Waals surface area contributed by atoms with Crippen LogP contribution in [0.15, 0.2) is 0 Å². The summed E-state index contributed by atoms with van der Waals surface area (Å²) >= 11 is 0. The molecule has 0 aromatic heterocycles. The van der Waals surface area contributed by atoms with E-state index in [1.165, 1.54) is 0 Å². The Morgan fingerprint density at radius 1 is 1.32 bits per heavy atom. The van der Waals surface area contributed by atoms with Gasteiger partial charge >= 0.3 is 5.97 Å². The molecule has 0 aliphatic rings. The van der Waals surface area contributed by atoms with E-state index in [4.69, 9.17) is 9.84 Å². The van der Waals surface area contributed by atoms with Crippen molar-refractivity contribution in [1.29, 1.82) is 0 Å². The lowest BCUT2D eigenvalue weighted by atomic mass is 10.1. The third-order valence-corrected chi connectivity index (χ3v) is 2.69. The van der Waals surface area contributed by atoms with Crippen molar-refractivity contribution >= 4 is 11.9 Å². The number of carbonyl (C=O) groups is 2. The lowest BCUT2D eigenvalue weighted by Crippen LogP contribution is -2.48. The minimum absolute atomic E-state index is 0.120. The average molecular weight is 274 g/mol. The van der Waals surface area contributed by atoms with Crippen molar-refractivity contribution in [2.45, 2.75) is 33.2 Å². The maximum absolute atomic E-state index is 11.9. The zero-order valence-corrected chi connectivity index (χ0v) is 12.3. The Balaban J connectivity index is 4.30. The number of methoxy groups -OCH3 is 1. The number of nitrogens with one attached hydrogen (secondary N) is 1. The van der Waals surface area contributed by atoms with Crippen LogP contribution in [0.5, 0.6) is 0 Å². The Morgan fingerprint density at radius 3 is 2.42 bits per heavy atom. The Bertz CT molecular complexity index is 282. The van der Waals surface area contributed by atoms with Crippen molar-refractivity contribution in [2.75, 3.05) is 33.4 Å². The molecule has 19 heavy (non-hydrogen) atoms. The molecule has 0 rings (SSSR count). The van der Waals surface area contributed by atoms with Gasteiger partial charge in [0.2, 0.25) is 5.91 Å². The van der Waals surface area contributed by atoms with Crippen molar-refractivity contribution in [3.8, 4) is 0 Å². The smallest absolute Gasteiger partial charge is 0.317 e. The Morgan fingerprint density at radius 2 is 1.95 bits per heavy atom. The number of ether oxygens (including phenoxy) is 1. The molecule has 1 amide bonds. The van der Waals surface area contributed by atoms with Gasteiger partial charge in [-0.2, -0.15) is 0 Å². The number of hydrogen-bond donors (Lipinski definition) is 2. The molecule has 6 heteroatoms. The van der Waals surface area contributed by atoms with E-state index in [2.05, 4.69) is 5.32 Å². The van der Waals surface area contributed by atoms with E-state index in [0.29, 0.717) is 25.6 Å². The van der Waals surface area contributed by atoms with Crippen LogP contribution in [0.4, 0.5) is 0 Å². The summed E-state index contributed by atoms with van der Waals surface area (Å²) in [5.41, 5.74) is 0. The van der Waals surface area contributed by atoms with Crippen molar-refractivity contribution in [3.05, 3.63) is 0 Å². The molecule has 1 atom stereocenters. The summed E-state index contributed by atoms with van der Waals surface area (Å²) in [5.74, 6) is -0.749. The number of carbonyl (C=O) groups excluding carboxylic acids is 1. The molecular formula is C13H26N2O4. The molecule has 0 bridgehead atoms. The highest BCUT2D eigenvalue weighted by Gasteiger charge is 2.23. The number of hydrogen-bond acceptors (Lipinski definition) is 4. The monoisotopic (exact) mass is 274 g/mol. The lowest BCUT2D eigenvalue weighted by Gasteiger charge is -2.28. The maximum Gasteiger partial charge on any atom is 0.317 e. The fraction of sp³-hybridized carbons (Fsp3) is 0.846. The average Bonchev–Trinajstić information content (AvgIpc) is 2.31. The molecule has 0 saturated carbocycles. The van der Waals surface area contributed by atoms with Crippen LogP contribution in [0, 0.1) is 5.92 Å². The topological polar surface area (TPSA) is 78.9 Å². The first-order valence-electron chi connectivity index (χ1n) is 6.61. The minimum atomic E-state index is -0.917. The van der Waals surface area contributed by atoms with Crippen molar-refractivity contribution in [3.63, 3.8) is 0 Å². The molecule has 6 nitrogen and oxygen atoms in total. The SMILES string of the molecule is COCCCNC(=O)C(C)N(CC(=O)O)CC(C)C. The van der Waals surface area contributed by atoms with Gasteiger partial charge in [0.1, 0.15) is 0 Å². The molecule has 1 unspecified atom stereocenters. The summed E-state index contributed by atoms with van der Waals surface area (Å²) in [6.45, 7) is 7.33. The number of carboxylic acids is 1. The zero-order chi connectivity index (χ0) is 14.8. The van der Waals surface area contributed by atoms with Gasteiger partial charge in [0, 0.05) is 26.8 Å². The molecule has 0 aliphatic carbocycles. The summed E-state index contributed by atoms with van der Waals surface area (Å²) in [6.07, 6.45) is 0.748. The van der Waals surface area contributed by atoms with E-state index in [9.17, 15) is 9.59 Å². The highest BCUT2D eigenvalue weighted by atomic mass is 16.5. The van der Waals surface area contributed by atoms with E-state index in [0.717, 1.165) is 6.42 Å². The Hall–Kier alpha value is -1.14. The molecule has 0 saturated heterocycles. The van der Waals surface area contributed by atoms with Gasteiger partial charge in [-0.05, 0) is 19.3 Å². The molecule has 0 fully saturated rings. The molecule has 0 aromatic carbocycles. The predicted octanol–water partition coefficient (Wildman–Crippen LogP) is 0.570. The largest absolute Gasteiger partial charge is 0.480 e. The van der Waals surface area contributed by atoms with Gasteiger partial charge in [-0.3, -0.25) is 14.5 Å². The summed E-state index contributed by atoms with van der Waals surface area (Å²) in [7, 11) is 1.61. The second kappa shape index (κ2) is 9.75. The van der Waals surface area contributed by atoms with Gasteiger partial charge in [0.15, 0.2) is 0 Å². The van der Waals surface area contributed by atoms with Gasteiger partial charge in [-0.1, -0.05) is 13.8 Å². The lowest BCUT2D eigenvalue weighted by molar-refractivity contribution is -0.140. The molecule has 2 N–H and O–H groups in total. The molecule has 0 spiro atoms. The quantitative estimate of drug-likeness (QED) is 0.569. The fourth-order valence-electron chi connectivity index (χ4n) is 1.74. The second-order valence-corrected chi connectivity index (χ2v) is 5.03. The summed E-state index contributed by atoms with van der Waals surface area (Å²) in [6, 6.07) is -0.443. The van der Waals surface area contributed by atoms with Gasteiger partial charge in [-0.25, -0.2) is 0 Å². The van der Waals surface area contributed by atoms with E-state index >= 15 is 0 Å². The molecule has 0 heterocycles. The number of nitrogens with zero attached hydrogens (tertiary/aromatic N) is 1. The van der Waals surface area contributed by atoms with Crippen LogP contribution in [0.2, 0.25) is 0 Å².